The SMILES string of the molecule is CNC(=O)n1c(C)cc2cc(Oc3ccnc4cc(OCc5ccccn5)ccc34)ccc21. The van der Waals surface area contributed by atoms with Crippen LogP contribution in [0.5, 0.6) is 17.2 Å². The third-order valence-corrected chi connectivity index (χ3v) is 5.39. The number of aryl methyl sites for hydroxylation is 1. The monoisotopic (exact) mass is 438 g/mol. The highest BCUT2D eigenvalue weighted by Gasteiger charge is 2.13. The van der Waals surface area contributed by atoms with E-state index in [1.165, 1.54) is 0 Å². The molecular weight excluding hydrogens is 416 g/mol. The first-order valence-electron chi connectivity index (χ1n) is 10.6. The van der Waals surface area contributed by atoms with Crippen molar-refractivity contribution in [3.8, 4) is 17.2 Å². The summed E-state index contributed by atoms with van der Waals surface area (Å²) in [6.07, 6.45) is 3.46. The summed E-state index contributed by atoms with van der Waals surface area (Å²) in [5.74, 6) is 2.09. The maximum Gasteiger partial charge on any atom is 0.325 e. The van der Waals surface area contributed by atoms with Crippen molar-refractivity contribution in [3.63, 3.8) is 0 Å². The average molecular weight is 438 g/mol. The van der Waals surface area contributed by atoms with E-state index in [1.807, 2.05) is 73.7 Å². The number of pyridine rings is 2. The summed E-state index contributed by atoms with van der Waals surface area (Å²) in [5.41, 5.74) is 3.31. The van der Waals surface area contributed by atoms with Gasteiger partial charge in [-0.05, 0) is 61.5 Å². The summed E-state index contributed by atoms with van der Waals surface area (Å²) in [6.45, 7) is 2.29. The first-order chi connectivity index (χ1) is 16.1. The molecule has 0 unspecified atom stereocenters. The van der Waals surface area contributed by atoms with Crippen molar-refractivity contribution in [2.24, 2.45) is 0 Å². The standard InChI is InChI=1S/C26H22N4O3/c1-17-13-18-14-21(7-9-24(18)30(17)26(31)27-2)33-25-10-12-29-23-15-20(6-8-22(23)25)32-16-19-5-3-4-11-28-19/h3-15H,16H2,1-2H3,(H,27,31). The van der Waals surface area contributed by atoms with Gasteiger partial charge in [0.15, 0.2) is 0 Å². The van der Waals surface area contributed by atoms with Crippen molar-refractivity contribution in [2.75, 3.05) is 7.05 Å². The molecule has 1 amide bonds. The topological polar surface area (TPSA) is 78.3 Å². The number of fused-ring (bicyclic) bond motifs is 2. The van der Waals surface area contributed by atoms with Gasteiger partial charge in [0.25, 0.3) is 0 Å². The maximum absolute atomic E-state index is 12.2. The van der Waals surface area contributed by atoms with Crippen LogP contribution < -0.4 is 14.8 Å². The molecule has 0 aliphatic carbocycles. The Bertz CT molecular complexity index is 1460. The van der Waals surface area contributed by atoms with Crippen LogP contribution in [-0.4, -0.2) is 27.6 Å². The van der Waals surface area contributed by atoms with Crippen molar-refractivity contribution < 1.29 is 14.3 Å². The van der Waals surface area contributed by atoms with Crippen LogP contribution in [0.3, 0.4) is 0 Å². The molecule has 0 aliphatic heterocycles. The van der Waals surface area contributed by atoms with Gasteiger partial charge in [0.1, 0.15) is 23.9 Å². The zero-order valence-corrected chi connectivity index (χ0v) is 18.3. The van der Waals surface area contributed by atoms with Gasteiger partial charge in [-0.2, -0.15) is 0 Å². The molecule has 0 bridgehead atoms. The lowest BCUT2D eigenvalue weighted by molar-refractivity contribution is 0.245. The van der Waals surface area contributed by atoms with Gasteiger partial charge in [-0.1, -0.05) is 6.07 Å². The molecule has 1 N–H and O–H groups in total. The number of carbonyl (C=O) groups is 1. The largest absolute Gasteiger partial charge is 0.487 e. The Morgan fingerprint density at radius 3 is 2.67 bits per heavy atom. The lowest BCUT2D eigenvalue weighted by Crippen LogP contribution is -2.25. The van der Waals surface area contributed by atoms with E-state index in [4.69, 9.17) is 9.47 Å². The van der Waals surface area contributed by atoms with E-state index in [0.29, 0.717) is 23.9 Å². The first-order valence-corrected chi connectivity index (χ1v) is 10.6. The fourth-order valence-electron chi connectivity index (χ4n) is 3.82. The van der Waals surface area contributed by atoms with Crippen molar-refractivity contribution in [1.82, 2.24) is 19.9 Å². The number of ether oxygens (including phenoxy) is 2. The van der Waals surface area contributed by atoms with E-state index in [0.717, 1.165) is 33.2 Å². The molecule has 0 spiro atoms. The fourth-order valence-corrected chi connectivity index (χ4v) is 3.82. The zero-order chi connectivity index (χ0) is 22.8. The zero-order valence-electron chi connectivity index (χ0n) is 18.3. The Morgan fingerprint density at radius 2 is 1.85 bits per heavy atom. The number of aromatic nitrogens is 3. The van der Waals surface area contributed by atoms with Crippen LogP contribution in [0.2, 0.25) is 0 Å². The molecule has 164 valence electrons. The summed E-state index contributed by atoms with van der Waals surface area (Å²) in [5, 5.41) is 4.47. The highest BCUT2D eigenvalue weighted by Crippen LogP contribution is 2.33. The lowest BCUT2D eigenvalue weighted by atomic mass is 10.2. The highest BCUT2D eigenvalue weighted by molar-refractivity contribution is 5.93. The normalized spacial score (nSPS) is 11.0. The Morgan fingerprint density at radius 1 is 0.970 bits per heavy atom. The molecule has 5 aromatic rings. The van der Waals surface area contributed by atoms with Crippen LogP contribution in [0, 0.1) is 6.92 Å². The van der Waals surface area contributed by atoms with Crippen LogP contribution in [0.15, 0.2) is 79.1 Å². The predicted molar refractivity (Wildman–Crippen MR) is 127 cm³/mol. The first kappa shape index (κ1) is 20.5. The number of carbonyl (C=O) groups excluding carboxylic acids is 1. The van der Waals surface area contributed by atoms with Crippen molar-refractivity contribution in [2.45, 2.75) is 13.5 Å². The molecule has 0 aliphatic rings. The van der Waals surface area contributed by atoms with Crippen molar-refractivity contribution in [3.05, 3.63) is 90.5 Å². The van der Waals surface area contributed by atoms with E-state index in [-0.39, 0.29) is 6.03 Å². The molecule has 0 saturated carbocycles. The van der Waals surface area contributed by atoms with Crippen LogP contribution in [-0.2, 0) is 6.61 Å². The van der Waals surface area contributed by atoms with Gasteiger partial charge in [0.05, 0.1) is 16.7 Å². The van der Waals surface area contributed by atoms with E-state index in [2.05, 4.69) is 15.3 Å². The van der Waals surface area contributed by atoms with Gasteiger partial charge in [0.2, 0.25) is 0 Å². The van der Waals surface area contributed by atoms with Gasteiger partial charge in [-0.3, -0.25) is 14.5 Å². The van der Waals surface area contributed by atoms with Gasteiger partial charge in [-0.25, -0.2) is 4.79 Å². The number of hydrogen-bond donors (Lipinski definition) is 1. The lowest BCUT2D eigenvalue weighted by Gasteiger charge is -2.11. The second kappa shape index (κ2) is 8.63. The third kappa shape index (κ3) is 4.08. The minimum atomic E-state index is -0.169. The van der Waals surface area contributed by atoms with Crippen LogP contribution >= 0.6 is 0 Å². The number of nitrogens with zero attached hydrogens (tertiary/aromatic N) is 3. The molecule has 7 heteroatoms. The smallest absolute Gasteiger partial charge is 0.325 e. The molecule has 7 nitrogen and oxygen atoms in total. The summed E-state index contributed by atoms with van der Waals surface area (Å²) >= 11 is 0. The van der Waals surface area contributed by atoms with Gasteiger partial charge < -0.3 is 14.8 Å². The summed E-state index contributed by atoms with van der Waals surface area (Å²) in [4.78, 5) is 20.9. The molecule has 3 heterocycles. The highest BCUT2D eigenvalue weighted by atomic mass is 16.5. The van der Waals surface area contributed by atoms with E-state index < -0.39 is 0 Å². The molecule has 5 rings (SSSR count). The Kier molecular flexibility index (Phi) is 5.36. The number of nitrogens with one attached hydrogen (secondary N) is 1. The Labute approximate surface area is 190 Å². The molecule has 33 heavy (non-hydrogen) atoms. The second-order valence-electron chi connectivity index (χ2n) is 7.60. The Hall–Kier alpha value is -4.39. The minimum Gasteiger partial charge on any atom is -0.487 e. The predicted octanol–water partition coefficient (Wildman–Crippen LogP) is 5.45. The van der Waals surface area contributed by atoms with Crippen LogP contribution in [0.1, 0.15) is 11.4 Å². The van der Waals surface area contributed by atoms with E-state index in [1.54, 1.807) is 24.0 Å². The van der Waals surface area contributed by atoms with Gasteiger partial charge >= 0.3 is 6.03 Å². The number of hydrogen-bond acceptors (Lipinski definition) is 5. The van der Waals surface area contributed by atoms with E-state index >= 15 is 0 Å². The quantitative estimate of drug-likeness (QED) is 0.395. The summed E-state index contributed by atoms with van der Waals surface area (Å²) in [7, 11) is 1.62. The average Bonchev–Trinajstić information content (AvgIpc) is 3.18. The van der Waals surface area contributed by atoms with Crippen molar-refractivity contribution >= 4 is 27.8 Å². The Balaban J connectivity index is 1.40. The van der Waals surface area contributed by atoms with E-state index in [9.17, 15) is 4.79 Å². The van der Waals surface area contributed by atoms with Crippen molar-refractivity contribution in [1.29, 1.82) is 0 Å². The molecule has 3 aromatic heterocycles. The molecule has 0 fully saturated rings. The molecule has 0 atom stereocenters. The van der Waals surface area contributed by atoms with Gasteiger partial charge in [0, 0.05) is 42.0 Å². The number of rotatable bonds is 5. The molecule has 0 saturated heterocycles. The number of benzene rings is 2. The maximum atomic E-state index is 12.2. The van der Waals surface area contributed by atoms with Crippen LogP contribution in [0.4, 0.5) is 4.79 Å². The molecule has 0 radical (unpaired) electrons. The molecular formula is C26H22N4O3. The molecule has 2 aromatic carbocycles. The third-order valence-electron chi connectivity index (χ3n) is 5.39. The fraction of sp³-hybridized carbons (Fsp3) is 0.115. The van der Waals surface area contributed by atoms with Crippen LogP contribution in [0.25, 0.3) is 21.8 Å². The summed E-state index contributed by atoms with van der Waals surface area (Å²) < 4.78 is 13.7. The minimum absolute atomic E-state index is 0.169. The van der Waals surface area contributed by atoms with Gasteiger partial charge in [-0.15, -0.1) is 0 Å². The number of amides is 1. The second-order valence-corrected chi connectivity index (χ2v) is 7.60. The summed E-state index contributed by atoms with van der Waals surface area (Å²) in [6, 6.07) is 20.8.